The van der Waals surface area contributed by atoms with Crippen molar-refractivity contribution in [3.8, 4) is 0 Å². The SMILES string of the molecule is CC(C)(C)NC(=O)Nc1nnc(SCC[NH+]2CCOCC2)s1. The summed E-state index contributed by atoms with van der Waals surface area (Å²) in [6, 6.07) is -0.252. The third kappa shape index (κ3) is 6.47. The van der Waals surface area contributed by atoms with Crippen molar-refractivity contribution in [3.05, 3.63) is 0 Å². The van der Waals surface area contributed by atoms with E-state index < -0.39 is 0 Å². The highest BCUT2D eigenvalue weighted by atomic mass is 32.2. The number of quaternary nitrogens is 1. The molecule has 0 bridgehead atoms. The minimum Gasteiger partial charge on any atom is -0.370 e. The van der Waals surface area contributed by atoms with Crippen molar-refractivity contribution in [2.24, 2.45) is 0 Å². The first-order chi connectivity index (χ1) is 10.4. The molecule has 1 aliphatic heterocycles. The van der Waals surface area contributed by atoms with Crippen LogP contribution in [0, 0.1) is 0 Å². The number of carbonyl (C=O) groups is 1. The number of amides is 2. The van der Waals surface area contributed by atoms with E-state index in [-0.39, 0.29) is 11.6 Å². The molecule has 124 valence electrons. The molecule has 0 atom stereocenters. The highest BCUT2D eigenvalue weighted by molar-refractivity contribution is 8.01. The Morgan fingerprint density at radius 3 is 2.77 bits per heavy atom. The number of morpholine rings is 1. The molecule has 0 aromatic carbocycles. The largest absolute Gasteiger partial charge is 0.370 e. The fourth-order valence-corrected chi connectivity index (χ4v) is 3.84. The Balaban J connectivity index is 1.70. The molecule has 0 aliphatic carbocycles. The van der Waals surface area contributed by atoms with Crippen LogP contribution in [-0.4, -0.2) is 60.4 Å². The lowest BCUT2D eigenvalue weighted by atomic mass is 10.1. The summed E-state index contributed by atoms with van der Waals surface area (Å²) in [5.74, 6) is 0.998. The number of ether oxygens (including phenoxy) is 1. The second-order valence-electron chi connectivity index (χ2n) is 6.16. The molecule has 22 heavy (non-hydrogen) atoms. The minimum absolute atomic E-state index is 0.252. The zero-order chi connectivity index (χ0) is 16.0. The van der Waals surface area contributed by atoms with Gasteiger partial charge in [0.05, 0.1) is 19.8 Å². The van der Waals surface area contributed by atoms with Crippen LogP contribution in [0.25, 0.3) is 0 Å². The fraction of sp³-hybridized carbons (Fsp3) is 0.769. The van der Waals surface area contributed by atoms with Crippen LogP contribution in [0.5, 0.6) is 0 Å². The Labute approximate surface area is 139 Å². The average molecular weight is 347 g/mol. The van der Waals surface area contributed by atoms with E-state index in [4.69, 9.17) is 4.74 Å². The van der Waals surface area contributed by atoms with E-state index in [1.54, 1.807) is 16.7 Å². The Morgan fingerprint density at radius 2 is 2.09 bits per heavy atom. The number of nitrogens with zero attached hydrogens (tertiary/aromatic N) is 2. The van der Waals surface area contributed by atoms with Gasteiger partial charge < -0.3 is 15.0 Å². The van der Waals surface area contributed by atoms with Crippen molar-refractivity contribution in [2.45, 2.75) is 30.6 Å². The van der Waals surface area contributed by atoms with Crippen molar-refractivity contribution in [2.75, 3.05) is 43.9 Å². The molecule has 3 N–H and O–H groups in total. The number of carbonyl (C=O) groups excluding carboxylic acids is 1. The third-order valence-corrected chi connectivity index (χ3v) is 4.97. The molecule has 2 heterocycles. The van der Waals surface area contributed by atoms with E-state index in [0.717, 1.165) is 42.9 Å². The number of hydrogen-bond acceptors (Lipinski definition) is 6. The summed E-state index contributed by atoms with van der Waals surface area (Å²) in [4.78, 5) is 13.3. The smallest absolute Gasteiger partial charge is 0.321 e. The number of anilines is 1. The van der Waals surface area contributed by atoms with Gasteiger partial charge in [-0.2, -0.15) is 0 Å². The molecule has 2 rings (SSSR count). The summed E-state index contributed by atoms with van der Waals surface area (Å²) in [6.45, 7) is 10.8. The van der Waals surface area contributed by atoms with Gasteiger partial charge in [0.15, 0.2) is 4.34 Å². The van der Waals surface area contributed by atoms with Gasteiger partial charge >= 0.3 is 6.03 Å². The van der Waals surface area contributed by atoms with Gasteiger partial charge in [-0.1, -0.05) is 23.1 Å². The Bertz CT molecular complexity index is 483. The zero-order valence-corrected chi connectivity index (χ0v) is 14.9. The van der Waals surface area contributed by atoms with Crippen molar-refractivity contribution in [3.63, 3.8) is 0 Å². The standard InChI is InChI=1S/C13H23N5O2S2/c1-13(2,3)15-10(19)14-11-16-17-12(22-11)21-9-6-18-4-7-20-8-5-18/h4-9H2,1-3H3,(H2,14,15,16,19)/p+1. The molecule has 0 saturated carbocycles. The number of hydrogen-bond donors (Lipinski definition) is 3. The molecule has 1 saturated heterocycles. The summed E-state index contributed by atoms with van der Waals surface area (Å²) in [5.41, 5.74) is -0.271. The second kappa shape index (κ2) is 8.09. The van der Waals surface area contributed by atoms with Crippen LogP contribution >= 0.6 is 23.1 Å². The van der Waals surface area contributed by atoms with E-state index in [0.29, 0.717) is 5.13 Å². The number of rotatable bonds is 5. The minimum atomic E-state index is -0.271. The maximum Gasteiger partial charge on any atom is 0.321 e. The van der Waals surface area contributed by atoms with Gasteiger partial charge in [-0.05, 0) is 20.8 Å². The normalized spacial score (nSPS) is 16.5. The van der Waals surface area contributed by atoms with Crippen LogP contribution in [0.2, 0.25) is 0 Å². The van der Waals surface area contributed by atoms with Crippen LogP contribution in [0.3, 0.4) is 0 Å². The summed E-state index contributed by atoms with van der Waals surface area (Å²) in [5, 5.41) is 14.2. The lowest BCUT2D eigenvalue weighted by molar-refractivity contribution is -0.905. The molecular weight excluding hydrogens is 322 g/mol. The predicted octanol–water partition coefficient (Wildman–Crippen LogP) is 0.465. The van der Waals surface area contributed by atoms with E-state index in [9.17, 15) is 4.79 Å². The number of urea groups is 1. The molecule has 9 heteroatoms. The van der Waals surface area contributed by atoms with Gasteiger partial charge in [-0.15, -0.1) is 10.2 Å². The summed E-state index contributed by atoms with van der Waals surface area (Å²) in [7, 11) is 0. The van der Waals surface area contributed by atoms with Crippen molar-refractivity contribution < 1.29 is 14.4 Å². The van der Waals surface area contributed by atoms with Gasteiger partial charge in [-0.3, -0.25) is 5.32 Å². The first-order valence-corrected chi connectivity index (χ1v) is 9.19. The molecule has 1 aromatic heterocycles. The van der Waals surface area contributed by atoms with Crippen LogP contribution in [-0.2, 0) is 4.74 Å². The van der Waals surface area contributed by atoms with Gasteiger partial charge in [0.1, 0.15) is 13.1 Å². The van der Waals surface area contributed by atoms with Crippen LogP contribution in [0.4, 0.5) is 9.93 Å². The zero-order valence-electron chi connectivity index (χ0n) is 13.3. The molecule has 1 fully saturated rings. The van der Waals surface area contributed by atoms with Crippen LogP contribution in [0.1, 0.15) is 20.8 Å². The van der Waals surface area contributed by atoms with Crippen molar-refractivity contribution in [1.29, 1.82) is 0 Å². The monoisotopic (exact) mass is 346 g/mol. The van der Waals surface area contributed by atoms with Crippen molar-refractivity contribution >= 4 is 34.3 Å². The highest BCUT2D eigenvalue weighted by Crippen LogP contribution is 2.24. The fourth-order valence-electron chi connectivity index (χ4n) is 1.98. The maximum atomic E-state index is 11.8. The van der Waals surface area contributed by atoms with E-state index in [1.807, 2.05) is 20.8 Å². The Hall–Kier alpha value is -0.900. The number of nitrogens with one attached hydrogen (secondary N) is 3. The molecule has 1 aliphatic rings. The van der Waals surface area contributed by atoms with Gasteiger partial charge in [0.25, 0.3) is 0 Å². The number of thioether (sulfide) groups is 1. The molecule has 7 nitrogen and oxygen atoms in total. The Morgan fingerprint density at radius 1 is 1.36 bits per heavy atom. The maximum absolute atomic E-state index is 11.8. The molecule has 0 radical (unpaired) electrons. The first-order valence-electron chi connectivity index (χ1n) is 7.39. The van der Waals surface area contributed by atoms with E-state index >= 15 is 0 Å². The van der Waals surface area contributed by atoms with Crippen molar-refractivity contribution in [1.82, 2.24) is 15.5 Å². The van der Waals surface area contributed by atoms with Gasteiger partial charge in [0, 0.05) is 11.3 Å². The second-order valence-corrected chi connectivity index (χ2v) is 8.48. The number of aromatic nitrogens is 2. The van der Waals surface area contributed by atoms with Crippen LogP contribution < -0.4 is 15.5 Å². The lowest BCUT2D eigenvalue weighted by Gasteiger charge is -2.23. The topological polar surface area (TPSA) is 80.6 Å². The predicted molar refractivity (Wildman–Crippen MR) is 88.9 cm³/mol. The van der Waals surface area contributed by atoms with Gasteiger partial charge in [0.2, 0.25) is 5.13 Å². The molecule has 0 spiro atoms. The summed E-state index contributed by atoms with van der Waals surface area (Å²) < 4.78 is 6.23. The summed E-state index contributed by atoms with van der Waals surface area (Å²) in [6.07, 6.45) is 0. The first kappa shape index (κ1) is 17.5. The molecular formula is C13H24N5O2S2+. The lowest BCUT2D eigenvalue weighted by Crippen LogP contribution is -3.14. The van der Waals surface area contributed by atoms with Gasteiger partial charge in [-0.25, -0.2) is 4.79 Å². The van der Waals surface area contributed by atoms with E-state index in [2.05, 4.69) is 20.8 Å². The molecule has 1 aromatic rings. The quantitative estimate of drug-likeness (QED) is 0.533. The van der Waals surface area contributed by atoms with Crippen LogP contribution in [0.15, 0.2) is 4.34 Å². The summed E-state index contributed by atoms with van der Waals surface area (Å²) >= 11 is 3.10. The molecule has 2 amide bonds. The third-order valence-electron chi connectivity index (χ3n) is 3.00. The Kier molecular flexibility index (Phi) is 6.42. The molecule has 0 unspecified atom stereocenters. The van der Waals surface area contributed by atoms with E-state index in [1.165, 1.54) is 11.3 Å². The highest BCUT2D eigenvalue weighted by Gasteiger charge is 2.16. The average Bonchev–Trinajstić information content (AvgIpc) is 2.85.